The van der Waals surface area contributed by atoms with Crippen LogP contribution in [0.2, 0.25) is 0 Å². The summed E-state index contributed by atoms with van der Waals surface area (Å²) < 4.78 is 5.16. The summed E-state index contributed by atoms with van der Waals surface area (Å²) in [5, 5.41) is 2.86. The van der Waals surface area contributed by atoms with Crippen molar-refractivity contribution < 1.29 is 9.53 Å². The Morgan fingerprint density at radius 3 is 2.33 bits per heavy atom. The lowest BCUT2D eigenvalue weighted by molar-refractivity contribution is -0.115. The van der Waals surface area contributed by atoms with Gasteiger partial charge in [-0.1, -0.05) is 37.7 Å². The smallest absolute Gasteiger partial charge is 0.252 e. The number of nitrogens with one attached hydrogen (secondary N) is 2. The highest BCUT2D eigenvalue weighted by atomic mass is 32.2. The van der Waals surface area contributed by atoms with Gasteiger partial charge in [-0.2, -0.15) is 0 Å². The second-order valence-corrected chi connectivity index (χ2v) is 8.52. The molecule has 7 heteroatoms. The number of carbonyl (C=O) groups excluding carboxylic acids is 1. The molecule has 6 nitrogen and oxygen atoms in total. The number of rotatable bonds is 7. The molecule has 30 heavy (non-hydrogen) atoms. The lowest BCUT2D eigenvalue weighted by Gasteiger charge is -2.13. The SMILES string of the molecule is COc1ccc(-c2cc(=O)[nH]c(SC(C)C(=O)Nc3ccc(C(C)C)cc3)n2)cc1. The maximum absolute atomic E-state index is 12.6. The summed E-state index contributed by atoms with van der Waals surface area (Å²) in [4.78, 5) is 31.9. The Morgan fingerprint density at radius 2 is 1.73 bits per heavy atom. The first-order chi connectivity index (χ1) is 14.4. The lowest BCUT2D eigenvalue weighted by atomic mass is 10.0. The third-order valence-corrected chi connectivity index (χ3v) is 5.59. The molecule has 1 amide bonds. The molecule has 1 atom stereocenters. The van der Waals surface area contributed by atoms with Gasteiger partial charge in [-0.15, -0.1) is 0 Å². The van der Waals surface area contributed by atoms with Crippen LogP contribution in [0.5, 0.6) is 5.75 Å². The Hall–Kier alpha value is -3.06. The molecule has 2 N–H and O–H groups in total. The van der Waals surface area contributed by atoms with Crippen molar-refractivity contribution in [3.8, 4) is 17.0 Å². The molecule has 2 aromatic carbocycles. The fraction of sp³-hybridized carbons (Fsp3) is 0.261. The Morgan fingerprint density at radius 1 is 1.07 bits per heavy atom. The number of H-pyrrole nitrogens is 1. The van der Waals surface area contributed by atoms with E-state index in [1.807, 2.05) is 48.5 Å². The second kappa shape index (κ2) is 9.63. The molecule has 0 fully saturated rings. The number of hydrogen-bond donors (Lipinski definition) is 2. The standard InChI is InChI=1S/C23H25N3O3S/c1-14(2)16-5-9-18(10-6-16)24-22(28)15(3)30-23-25-20(13-21(27)26-23)17-7-11-19(29-4)12-8-17/h5-15H,1-4H3,(H,24,28)(H,25,26,27). The molecule has 0 bridgehead atoms. The van der Waals surface area contributed by atoms with E-state index in [-0.39, 0.29) is 11.5 Å². The predicted molar refractivity (Wildman–Crippen MR) is 121 cm³/mol. The summed E-state index contributed by atoms with van der Waals surface area (Å²) in [5.74, 6) is 1.00. The number of benzene rings is 2. The van der Waals surface area contributed by atoms with Crippen LogP contribution in [0.4, 0.5) is 5.69 Å². The molecule has 0 aliphatic carbocycles. The number of methoxy groups -OCH3 is 1. The van der Waals surface area contributed by atoms with Gasteiger partial charge in [-0.25, -0.2) is 4.98 Å². The van der Waals surface area contributed by atoms with Crippen LogP contribution >= 0.6 is 11.8 Å². The quantitative estimate of drug-likeness (QED) is 0.425. The Balaban J connectivity index is 1.70. The molecule has 0 saturated heterocycles. The van der Waals surface area contributed by atoms with Gasteiger partial charge in [-0.3, -0.25) is 9.59 Å². The van der Waals surface area contributed by atoms with E-state index in [2.05, 4.69) is 29.1 Å². The summed E-state index contributed by atoms with van der Waals surface area (Å²) in [5.41, 5.74) is 3.03. The number of nitrogens with zero attached hydrogens (tertiary/aromatic N) is 1. The van der Waals surface area contributed by atoms with Gasteiger partial charge in [0, 0.05) is 17.3 Å². The van der Waals surface area contributed by atoms with Crippen molar-refractivity contribution in [3.63, 3.8) is 0 Å². The number of carbonyl (C=O) groups is 1. The number of aromatic amines is 1. The van der Waals surface area contributed by atoms with Gasteiger partial charge in [-0.05, 0) is 54.8 Å². The molecular formula is C23H25N3O3S. The van der Waals surface area contributed by atoms with E-state index in [9.17, 15) is 9.59 Å². The number of aromatic nitrogens is 2. The van der Waals surface area contributed by atoms with Crippen LogP contribution in [0.15, 0.2) is 64.5 Å². The van der Waals surface area contributed by atoms with Crippen LogP contribution in [0.25, 0.3) is 11.3 Å². The normalized spacial score (nSPS) is 11.9. The molecule has 0 aliphatic heterocycles. The van der Waals surface area contributed by atoms with Gasteiger partial charge < -0.3 is 15.0 Å². The van der Waals surface area contributed by atoms with E-state index in [0.29, 0.717) is 16.8 Å². The fourth-order valence-corrected chi connectivity index (χ4v) is 3.63. The third-order valence-electron chi connectivity index (χ3n) is 4.61. The zero-order valence-electron chi connectivity index (χ0n) is 17.4. The summed E-state index contributed by atoms with van der Waals surface area (Å²) in [6.45, 7) is 6.03. The molecule has 3 rings (SSSR count). The molecule has 1 heterocycles. The maximum Gasteiger partial charge on any atom is 0.252 e. The minimum Gasteiger partial charge on any atom is -0.497 e. The Bertz CT molecular complexity index is 1060. The Kier molecular flexibility index (Phi) is 6.95. The number of ether oxygens (including phenoxy) is 1. The van der Waals surface area contributed by atoms with E-state index in [1.54, 1.807) is 14.0 Å². The maximum atomic E-state index is 12.6. The van der Waals surface area contributed by atoms with Gasteiger partial charge in [0.25, 0.3) is 5.56 Å². The van der Waals surface area contributed by atoms with Crippen LogP contribution in [0.3, 0.4) is 0 Å². The largest absolute Gasteiger partial charge is 0.497 e. The second-order valence-electron chi connectivity index (χ2n) is 7.19. The van der Waals surface area contributed by atoms with Crippen molar-refractivity contribution >= 4 is 23.4 Å². The van der Waals surface area contributed by atoms with E-state index in [1.165, 1.54) is 23.4 Å². The monoisotopic (exact) mass is 423 g/mol. The van der Waals surface area contributed by atoms with E-state index >= 15 is 0 Å². The van der Waals surface area contributed by atoms with Gasteiger partial charge in [0.1, 0.15) is 5.75 Å². The Labute approximate surface area is 180 Å². The van der Waals surface area contributed by atoms with Gasteiger partial charge in [0.15, 0.2) is 5.16 Å². The van der Waals surface area contributed by atoms with Gasteiger partial charge in [0.05, 0.1) is 18.1 Å². The van der Waals surface area contributed by atoms with Crippen molar-refractivity contribution in [1.29, 1.82) is 0 Å². The number of amides is 1. The van der Waals surface area contributed by atoms with E-state index < -0.39 is 5.25 Å². The van der Waals surface area contributed by atoms with Crippen LogP contribution in [-0.4, -0.2) is 28.2 Å². The summed E-state index contributed by atoms with van der Waals surface area (Å²) >= 11 is 1.21. The minimum atomic E-state index is -0.441. The van der Waals surface area contributed by atoms with Gasteiger partial charge >= 0.3 is 0 Å². The van der Waals surface area contributed by atoms with Gasteiger partial charge in [0.2, 0.25) is 5.91 Å². The van der Waals surface area contributed by atoms with Crippen LogP contribution in [-0.2, 0) is 4.79 Å². The first kappa shape index (κ1) is 21.6. The number of anilines is 1. The summed E-state index contributed by atoms with van der Waals surface area (Å²) in [7, 11) is 1.60. The van der Waals surface area contributed by atoms with Crippen LogP contribution in [0.1, 0.15) is 32.3 Å². The molecule has 0 radical (unpaired) electrons. The highest BCUT2D eigenvalue weighted by Gasteiger charge is 2.17. The highest BCUT2D eigenvalue weighted by molar-refractivity contribution is 8.00. The number of thioether (sulfide) groups is 1. The van der Waals surface area contributed by atoms with Crippen molar-refractivity contribution in [2.45, 2.75) is 37.1 Å². The summed E-state index contributed by atoms with van der Waals surface area (Å²) in [6.07, 6.45) is 0. The average Bonchev–Trinajstić information content (AvgIpc) is 2.73. The summed E-state index contributed by atoms with van der Waals surface area (Å²) in [6, 6.07) is 16.6. The molecule has 0 aliphatic rings. The van der Waals surface area contributed by atoms with Crippen LogP contribution < -0.4 is 15.6 Å². The average molecular weight is 424 g/mol. The van der Waals surface area contributed by atoms with E-state index in [0.717, 1.165) is 17.0 Å². The fourth-order valence-electron chi connectivity index (χ4n) is 2.82. The van der Waals surface area contributed by atoms with Crippen molar-refractivity contribution in [2.75, 3.05) is 12.4 Å². The first-order valence-electron chi connectivity index (χ1n) is 9.69. The molecule has 1 unspecified atom stereocenters. The third kappa shape index (κ3) is 5.51. The molecule has 1 aromatic heterocycles. The topological polar surface area (TPSA) is 84.1 Å². The van der Waals surface area contributed by atoms with Crippen LogP contribution in [0, 0.1) is 0 Å². The molecule has 156 valence electrons. The number of hydrogen-bond acceptors (Lipinski definition) is 5. The molecule has 3 aromatic rings. The molecule has 0 saturated carbocycles. The zero-order chi connectivity index (χ0) is 21.7. The minimum absolute atomic E-state index is 0.158. The molecular weight excluding hydrogens is 398 g/mol. The van der Waals surface area contributed by atoms with E-state index in [4.69, 9.17) is 4.74 Å². The molecule has 0 spiro atoms. The first-order valence-corrected chi connectivity index (χ1v) is 10.6. The zero-order valence-corrected chi connectivity index (χ0v) is 18.2. The van der Waals surface area contributed by atoms with Crippen molar-refractivity contribution in [3.05, 3.63) is 70.5 Å². The van der Waals surface area contributed by atoms with Crippen molar-refractivity contribution in [1.82, 2.24) is 9.97 Å². The van der Waals surface area contributed by atoms with Crippen molar-refractivity contribution in [2.24, 2.45) is 0 Å². The highest BCUT2D eigenvalue weighted by Crippen LogP contribution is 2.25. The predicted octanol–water partition coefficient (Wildman–Crippen LogP) is 4.69. The lowest BCUT2D eigenvalue weighted by Crippen LogP contribution is -2.23.